The lowest BCUT2D eigenvalue weighted by Gasteiger charge is -2.17. The van der Waals surface area contributed by atoms with Crippen molar-refractivity contribution in [3.05, 3.63) is 70.4 Å². The molecule has 170 valence electrons. The van der Waals surface area contributed by atoms with Gasteiger partial charge in [0, 0.05) is 29.2 Å². The summed E-state index contributed by atoms with van der Waals surface area (Å²) in [4.78, 5) is 27.4. The minimum absolute atomic E-state index is 0.0787. The minimum Gasteiger partial charge on any atom is -0.312 e. The van der Waals surface area contributed by atoms with Crippen LogP contribution in [0.4, 0.5) is 11.5 Å². The number of rotatable bonds is 4. The van der Waals surface area contributed by atoms with Crippen molar-refractivity contribution >= 4 is 44.8 Å². The largest absolute Gasteiger partial charge is 0.312 e. The zero-order chi connectivity index (χ0) is 23.3. The second-order valence-corrected chi connectivity index (χ2v) is 10.9. The molecule has 0 radical (unpaired) electrons. The number of carbonyl (C=O) groups is 2. The van der Waals surface area contributed by atoms with Crippen molar-refractivity contribution in [1.29, 1.82) is 0 Å². The third kappa shape index (κ3) is 4.14. The standard InChI is InChI=1S/C23H21ClN4O4S/c1-14-3-2-4-18(9-14)27-11-15(10-21(27)29)23(30)25-22-19-12-33(31,32)13-20(19)26-28(22)17-7-5-16(24)6-8-17/h2-9,15H,10-13H2,1H3,(H,25,30). The molecule has 2 aliphatic heterocycles. The molecule has 0 spiro atoms. The van der Waals surface area contributed by atoms with Crippen molar-refractivity contribution in [2.45, 2.75) is 24.9 Å². The van der Waals surface area contributed by atoms with E-state index >= 15 is 0 Å². The van der Waals surface area contributed by atoms with Gasteiger partial charge in [0.25, 0.3) is 0 Å². The number of hydrogen-bond donors (Lipinski definition) is 1. The molecular formula is C23H21ClN4O4S. The Balaban J connectivity index is 1.44. The molecule has 2 amide bonds. The molecule has 1 aromatic heterocycles. The number of nitrogens with one attached hydrogen (secondary N) is 1. The van der Waals surface area contributed by atoms with Gasteiger partial charge < -0.3 is 10.2 Å². The highest BCUT2D eigenvalue weighted by Gasteiger charge is 2.38. The number of sulfone groups is 1. The van der Waals surface area contributed by atoms with Crippen LogP contribution in [0.15, 0.2) is 48.5 Å². The summed E-state index contributed by atoms with van der Waals surface area (Å²) in [6.07, 6.45) is 0.0787. The number of halogens is 1. The molecule has 5 rings (SSSR count). The Kier molecular flexibility index (Phi) is 5.25. The van der Waals surface area contributed by atoms with Crippen LogP contribution >= 0.6 is 11.6 Å². The highest BCUT2D eigenvalue weighted by molar-refractivity contribution is 7.90. The first-order chi connectivity index (χ1) is 15.7. The number of fused-ring (bicyclic) bond motifs is 1. The van der Waals surface area contributed by atoms with Gasteiger partial charge in [-0.25, -0.2) is 13.1 Å². The molecule has 1 saturated heterocycles. The van der Waals surface area contributed by atoms with E-state index in [1.54, 1.807) is 29.2 Å². The van der Waals surface area contributed by atoms with Crippen LogP contribution < -0.4 is 10.2 Å². The summed E-state index contributed by atoms with van der Waals surface area (Å²) < 4.78 is 25.9. The first-order valence-corrected chi connectivity index (χ1v) is 12.7. The quantitative estimate of drug-likeness (QED) is 0.612. The molecule has 0 saturated carbocycles. The second kappa shape index (κ2) is 8.00. The fourth-order valence-electron chi connectivity index (χ4n) is 4.29. The zero-order valence-electron chi connectivity index (χ0n) is 17.8. The Hall–Kier alpha value is -3.17. The van der Waals surface area contributed by atoms with Crippen molar-refractivity contribution in [1.82, 2.24) is 9.78 Å². The normalized spacial score (nSPS) is 19.0. The lowest BCUT2D eigenvalue weighted by atomic mass is 10.1. The van der Waals surface area contributed by atoms with Gasteiger partial charge in [-0.15, -0.1) is 0 Å². The van der Waals surface area contributed by atoms with Crippen molar-refractivity contribution in [2.24, 2.45) is 5.92 Å². The number of amides is 2. The molecule has 1 unspecified atom stereocenters. The van der Waals surface area contributed by atoms with E-state index in [9.17, 15) is 18.0 Å². The number of nitrogens with zero attached hydrogens (tertiary/aromatic N) is 3. The maximum atomic E-state index is 13.2. The van der Waals surface area contributed by atoms with Crippen LogP contribution in [0.1, 0.15) is 23.2 Å². The number of anilines is 2. The number of aromatic nitrogens is 2. The van der Waals surface area contributed by atoms with Gasteiger partial charge in [-0.05, 0) is 48.9 Å². The summed E-state index contributed by atoms with van der Waals surface area (Å²) >= 11 is 5.99. The number of carbonyl (C=O) groups excluding carboxylic acids is 2. The van der Waals surface area contributed by atoms with Gasteiger partial charge in [0.05, 0.1) is 28.8 Å². The molecule has 1 atom stereocenters. The summed E-state index contributed by atoms with van der Waals surface area (Å²) in [7, 11) is -3.31. The fraction of sp³-hybridized carbons (Fsp3) is 0.261. The lowest BCUT2D eigenvalue weighted by molar-refractivity contribution is -0.122. The van der Waals surface area contributed by atoms with E-state index < -0.39 is 15.8 Å². The molecule has 33 heavy (non-hydrogen) atoms. The van der Waals surface area contributed by atoms with E-state index in [0.29, 0.717) is 27.8 Å². The molecule has 10 heteroatoms. The van der Waals surface area contributed by atoms with Crippen LogP contribution in [0.5, 0.6) is 0 Å². The van der Waals surface area contributed by atoms with Crippen LogP contribution in [0.2, 0.25) is 5.02 Å². The van der Waals surface area contributed by atoms with E-state index in [1.807, 2.05) is 31.2 Å². The third-order valence-corrected chi connectivity index (χ3v) is 7.60. The maximum Gasteiger partial charge on any atom is 0.230 e. The van der Waals surface area contributed by atoms with Crippen LogP contribution in [0.25, 0.3) is 5.69 Å². The summed E-state index contributed by atoms with van der Waals surface area (Å²) in [6, 6.07) is 14.5. The minimum atomic E-state index is -3.31. The second-order valence-electron chi connectivity index (χ2n) is 8.43. The number of hydrogen-bond acceptors (Lipinski definition) is 5. The van der Waals surface area contributed by atoms with Crippen molar-refractivity contribution in [3.8, 4) is 5.69 Å². The molecular weight excluding hydrogens is 464 g/mol. The molecule has 2 aromatic carbocycles. The van der Waals surface area contributed by atoms with Gasteiger partial charge in [-0.1, -0.05) is 23.7 Å². The SMILES string of the molecule is Cc1cccc(N2CC(C(=O)Nc3c4c(nn3-c3ccc(Cl)cc3)CS(=O)(=O)C4)CC2=O)c1. The maximum absolute atomic E-state index is 13.2. The van der Waals surface area contributed by atoms with Crippen LogP contribution in [-0.4, -0.2) is 36.6 Å². The lowest BCUT2D eigenvalue weighted by Crippen LogP contribution is -2.29. The molecule has 3 heterocycles. The molecule has 0 aliphatic carbocycles. The van der Waals surface area contributed by atoms with Gasteiger partial charge in [-0.3, -0.25) is 9.59 Å². The summed E-state index contributed by atoms with van der Waals surface area (Å²) in [5.41, 5.74) is 3.33. The summed E-state index contributed by atoms with van der Waals surface area (Å²) in [5.74, 6) is -1.08. The van der Waals surface area contributed by atoms with E-state index in [4.69, 9.17) is 11.6 Å². The van der Waals surface area contributed by atoms with Crippen molar-refractivity contribution in [3.63, 3.8) is 0 Å². The predicted octanol–water partition coefficient (Wildman–Crippen LogP) is 3.25. The summed E-state index contributed by atoms with van der Waals surface area (Å²) in [6.45, 7) is 2.20. The topological polar surface area (TPSA) is 101 Å². The van der Waals surface area contributed by atoms with Gasteiger partial charge in [-0.2, -0.15) is 5.10 Å². The van der Waals surface area contributed by atoms with E-state index in [2.05, 4.69) is 10.4 Å². The van der Waals surface area contributed by atoms with Gasteiger partial charge in [0.1, 0.15) is 5.82 Å². The van der Waals surface area contributed by atoms with E-state index in [1.165, 1.54) is 4.68 Å². The third-order valence-electron chi connectivity index (χ3n) is 5.91. The average molecular weight is 485 g/mol. The monoisotopic (exact) mass is 484 g/mol. The van der Waals surface area contributed by atoms with Crippen molar-refractivity contribution in [2.75, 3.05) is 16.8 Å². The van der Waals surface area contributed by atoms with Gasteiger partial charge in [0.15, 0.2) is 9.84 Å². The molecule has 2 aliphatic rings. The van der Waals surface area contributed by atoms with Crippen LogP contribution in [0, 0.1) is 12.8 Å². The molecule has 0 bridgehead atoms. The Morgan fingerprint density at radius 3 is 2.61 bits per heavy atom. The van der Waals surface area contributed by atoms with Gasteiger partial charge >= 0.3 is 0 Å². The van der Waals surface area contributed by atoms with E-state index in [0.717, 1.165) is 11.3 Å². The molecule has 8 nitrogen and oxygen atoms in total. The van der Waals surface area contributed by atoms with Crippen LogP contribution in [0.3, 0.4) is 0 Å². The highest BCUT2D eigenvalue weighted by atomic mass is 35.5. The van der Waals surface area contributed by atoms with E-state index in [-0.39, 0.29) is 36.3 Å². The Morgan fingerprint density at radius 2 is 1.88 bits per heavy atom. The highest BCUT2D eigenvalue weighted by Crippen LogP contribution is 2.34. The zero-order valence-corrected chi connectivity index (χ0v) is 19.4. The number of aryl methyl sites for hydroxylation is 1. The van der Waals surface area contributed by atoms with Crippen LogP contribution in [-0.2, 0) is 30.9 Å². The summed E-state index contributed by atoms with van der Waals surface area (Å²) in [5, 5.41) is 7.88. The predicted molar refractivity (Wildman–Crippen MR) is 125 cm³/mol. The first kappa shape index (κ1) is 21.7. The van der Waals surface area contributed by atoms with Crippen molar-refractivity contribution < 1.29 is 18.0 Å². The fourth-order valence-corrected chi connectivity index (χ4v) is 5.91. The average Bonchev–Trinajstić information content (AvgIpc) is 3.39. The smallest absolute Gasteiger partial charge is 0.230 e. The number of benzene rings is 2. The first-order valence-electron chi connectivity index (χ1n) is 10.5. The Labute approximate surface area is 196 Å². The Morgan fingerprint density at radius 1 is 1.12 bits per heavy atom. The molecule has 3 aromatic rings. The van der Waals surface area contributed by atoms with Gasteiger partial charge in [0.2, 0.25) is 11.8 Å². The molecule has 1 fully saturated rings. The Bertz CT molecular complexity index is 1380. The molecule has 1 N–H and O–H groups in total.